The minimum Gasteiger partial charge on any atom is -0.347 e. The number of amides is 1. The van der Waals surface area contributed by atoms with E-state index in [-0.39, 0.29) is 11.8 Å². The lowest BCUT2D eigenvalue weighted by Crippen LogP contribution is -2.24. The summed E-state index contributed by atoms with van der Waals surface area (Å²) < 4.78 is 5.07. The van der Waals surface area contributed by atoms with E-state index in [1.807, 2.05) is 17.5 Å². The number of aromatic nitrogens is 2. The predicted octanol–water partition coefficient (Wildman–Crippen LogP) is 1.82. The molecule has 88 valence electrons. The van der Waals surface area contributed by atoms with Crippen LogP contribution in [0.4, 0.5) is 0 Å². The van der Waals surface area contributed by atoms with Gasteiger partial charge in [-0.05, 0) is 24.3 Å². The summed E-state index contributed by atoms with van der Waals surface area (Å²) >= 11 is 1.56. The van der Waals surface area contributed by atoms with Gasteiger partial charge in [0.2, 0.25) is 17.6 Å². The van der Waals surface area contributed by atoms with Crippen molar-refractivity contribution in [1.82, 2.24) is 15.5 Å². The molecule has 0 atom stereocenters. The Morgan fingerprint density at radius 3 is 3.18 bits per heavy atom. The molecule has 0 spiro atoms. The van der Waals surface area contributed by atoms with E-state index in [1.165, 1.54) is 0 Å². The zero-order chi connectivity index (χ0) is 11.7. The van der Waals surface area contributed by atoms with Gasteiger partial charge in [-0.25, -0.2) is 0 Å². The van der Waals surface area contributed by atoms with E-state index in [0.29, 0.717) is 18.3 Å². The first-order valence-corrected chi connectivity index (χ1v) is 6.35. The lowest BCUT2D eigenvalue weighted by molar-refractivity contribution is -0.122. The lowest BCUT2D eigenvalue weighted by Gasteiger charge is -1.98. The van der Waals surface area contributed by atoms with Crippen molar-refractivity contribution in [3.05, 3.63) is 23.4 Å². The summed E-state index contributed by atoms with van der Waals surface area (Å²) in [6.07, 6.45) is 1.99. The number of carbonyl (C=O) groups excluding carboxylic acids is 1. The van der Waals surface area contributed by atoms with Crippen LogP contribution in [0.3, 0.4) is 0 Å². The Morgan fingerprint density at radius 2 is 2.47 bits per heavy atom. The van der Waals surface area contributed by atoms with Crippen LogP contribution < -0.4 is 5.32 Å². The van der Waals surface area contributed by atoms with Crippen molar-refractivity contribution >= 4 is 17.2 Å². The van der Waals surface area contributed by atoms with Crippen LogP contribution in [-0.2, 0) is 11.3 Å². The maximum absolute atomic E-state index is 11.4. The minimum absolute atomic E-state index is 0.0841. The highest BCUT2D eigenvalue weighted by atomic mass is 32.1. The molecule has 1 aliphatic carbocycles. The van der Waals surface area contributed by atoms with Gasteiger partial charge >= 0.3 is 0 Å². The van der Waals surface area contributed by atoms with E-state index >= 15 is 0 Å². The fourth-order valence-corrected chi connectivity index (χ4v) is 2.13. The summed E-state index contributed by atoms with van der Waals surface area (Å²) in [4.78, 5) is 16.6. The Labute approximate surface area is 102 Å². The van der Waals surface area contributed by atoms with E-state index in [9.17, 15) is 4.79 Å². The lowest BCUT2D eigenvalue weighted by atomic mass is 10.4. The molecular formula is C11H11N3O2S. The van der Waals surface area contributed by atoms with Gasteiger partial charge in [-0.2, -0.15) is 4.98 Å². The maximum atomic E-state index is 11.4. The summed E-state index contributed by atoms with van der Waals surface area (Å²) in [5.74, 6) is 1.31. The molecule has 1 fully saturated rings. The van der Waals surface area contributed by atoms with Crippen LogP contribution in [0.1, 0.15) is 18.7 Å². The molecule has 2 aromatic heterocycles. The van der Waals surface area contributed by atoms with Crippen molar-refractivity contribution < 1.29 is 9.32 Å². The van der Waals surface area contributed by atoms with Crippen LogP contribution in [0, 0.1) is 5.92 Å². The SMILES string of the molecule is O=C(NCc1nc(-c2cccs2)no1)C1CC1. The standard InChI is InChI=1S/C11H11N3O2S/c15-11(7-3-4-7)12-6-9-13-10(14-16-9)8-2-1-5-17-8/h1-2,5,7H,3-4,6H2,(H,12,15). The third-order valence-corrected chi connectivity index (χ3v) is 3.44. The van der Waals surface area contributed by atoms with Crippen molar-refractivity contribution in [3.8, 4) is 10.7 Å². The number of hydrogen-bond donors (Lipinski definition) is 1. The highest BCUT2D eigenvalue weighted by molar-refractivity contribution is 7.13. The zero-order valence-electron chi connectivity index (χ0n) is 9.05. The van der Waals surface area contributed by atoms with Crippen LogP contribution in [0.15, 0.2) is 22.0 Å². The average molecular weight is 249 g/mol. The Balaban J connectivity index is 1.62. The highest BCUT2D eigenvalue weighted by Gasteiger charge is 2.29. The number of nitrogens with zero attached hydrogens (tertiary/aromatic N) is 2. The van der Waals surface area contributed by atoms with Crippen molar-refractivity contribution in [2.75, 3.05) is 0 Å². The fraction of sp³-hybridized carbons (Fsp3) is 0.364. The van der Waals surface area contributed by atoms with Gasteiger partial charge in [0.05, 0.1) is 11.4 Å². The first-order valence-electron chi connectivity index (χ1n) is 5.47. The van der Waals surface area contributed by atoms with E-state index in [2.05, 4.69) is 15.5 Å². The quantitative estimate of drug-likeness (QED) is 0.897. The number of carbonyl (C=O) groups is 1. The van der Waals surface area contributed by atoms with Crippen LogP contribution in [-0.4, -0.2) is 16.0 Å². The number of hydrogen-bond acceptors (Lipinski definition) is 5. The molecule has 17 heavy (non-hydrogen) atoms. The van der Waals surface area contributed by atoms with Crippen molar-refractivity contribution in [3.63, 3.8) is 0 Å². The molecule has 0 saturated heterocycles. The average Bonchev–Trinajstić information content (AvgIpc) is 2.87. The second kappa shape index (κ2) is 4.29. The van der Waals surface area contributed by atoms with E-state index < -0.39 is 0 Å². The summed E-state index contributed by atoms with van der Waals surface area (Å²) in [6.45, 7) is 0.313. The summed E-state index contributed by atoms with van der Waals surface area (Å²) in [7, 11) is 0. The zero-order valence-corrected chi connectivity index (χ0v) is 9.87. The van der Waals surface area contributed by atoms with E-state index in [0.717, 1.165) is 17.7 Å². The molecule has 2 aromatic rings. The normalized spacial score (nSPS) is 14.8. The molecular weight excluding hydrogens is 238 g/mol. The third kappa shape index (κ3) is 2.36. The molecule has 3 rings (SSSR count). The van der Waals surface area contributed by atoms with Crippen molar-refractivity contribution in [2.45, 2.75) is 19.4 Å². The molecule has 2 heterocycles. The van der Waals surface area contributed by atoms with Crippen LogP contribution in [0.5, 0.6) is 0 Å². The molecule has 0 unspecified atom stereocenters. The topological polar surface area (TPSA) is 68.0 Å². The molecule has 1 aliphatic rings. The van der Waals surface area contributed by atoms with Gasteiger partial charge in [-0.3, -0.25) is 4.79 Å². The summed E-state index contributed by atoms with van der Waals surface area (Å²) in [5, 5.41) is 8.62. The second-order valence-corrected chi connectivity index (χ2v) is 4.93. The molecule has 6 heteroatoms. The van der Waals surface area contributed by atoms with Crippen molar-refractivity contribution in [1.29, 1.82) is 0 Å². The van der Waals surface area contributed by atoms with Crippen LogP contribution in [0.25, 0.3) is 10.7 Å². The maximum Gasteiger partial charge on any atom is 0.246 e. The minimum atomic E-state index is 0.0841. The number of nitrogens with one attached hydrogen (secondary N) is 1. The largest absolute Gasteiger partial charge is 0.347 e. The van der Waals surface area contributed by atoms with Crippen molar-refractivity contribution in [2.24, 2.45) is 5.92 Å². The Hall–Kier alpha value is -1.69. The first-order chi connectivity index (χ1) is 8.33. The number of rotatable bonds is 4. The predicted molar refractivity (Wildman–Crippen MR) is 62.2 cm³/mol. The Kier molecular flexibility index (Phi) is 2.64. The first kappa shape index (κ1) is 10.5. The van der Waals surface area contributed by atoms with Gasteiger partial charge in [-0.15, -0.1) is 11.3 Å². The molecule has 0 aromatic carbocycles. The van der Waals surface area contributed by atoms with Gasteiger partial charge in [0.15, 0.2) is 0 Å². The molecule has 5 nitrogen and oxygen atoms in total. The second-order valence-electron chi connectivity index (χ2n) is 3.98. The molecule has 1 saturated carbocycles. The monoisotopic (exact) mass is 249 g/mol. The van der Waals surface area contributed by atoms with Gasteiger partial charge in [0.25, 0.3) is 0 Å². The summed E-state index contributed by atoms with van der Waals surface area (Å²) in [6, 6.07) is 3.87. The fourth-order valence-electron chi connectivity index (χ4n) is 1.49. The third-order valence-electron chi connectivity index (χ3n) is 2.57. The van der Waals surface area contributed by atoms with Crippen LogP contribution >= 0.6 is 11.3 Å². The van der Waals surface area contributed by atoms with Gasteiger partial charge in [-0.1, -0.05) is 11.2 Å². The smallest absolute Gasteiger partial charge is 0.246 e. The van der Waals surface area contributed by atoms with Crippen LogP contribution in [0.2, 0.25) is 0 Å². The van der Waals surface area contributed by atoms with Gasteiger partial charge < -0.3 is 9.84 Å². The van der Waals surface area contributed by atoms with Gasteiger partial charge in [0, 0.05) is 5.92 Å². The Bertz CT molecular complexity index is 517. The highest BCUT2D eigenvalue weighted by Crippen LogP contribution is 2.28. The van der Waals surface area contributed by atoms with Gasteiger partial charge in [0.1, 0.15) is 0 Å². The van der Waals surface area contributed by atoms with E-state index in [4.69, 9.17) is 4.52 Å². The molecule has 0 bridgehead atoms. The molecule has 0 radical (unpaired) electrons. The Morgan fingerprint density at radius 1 is 1.59 bits per heavy atom. The molecule has 0 aliphatic heterocycles. The molecule has 1 amide bonds. The number of thiophene rings is 1. The van der Waals surface area contributed by atoms with E-state index in [1.54, 1.807) is 11.3 Å². The summed E-state index contributed by atoms with van der Waals surface area (Å²) in [5.41, 5.74) is 0. The molecule has 1 N–H and O–H groups in total.